The Hall–Kier alpha value is -2.50. The molecule has 23 heavy (non-hydrogen) atoms. The highest BCUT2D eigenvalue weighted by atomic mass is 16.5. The molecule has 0 N–H and O–H groups in total. The van der Waals surface area contributed by atoms with E-state index in [0.717, 1.165) is 17.1 Å². The van der Waals surface area contributed by atoms with Crippen LogP contribution < -0.4 is 4.74 Å². The molecule has 1 aliphatic rings. The Morgan fingerprint density at radius 1 is 1.26 bits per heavy atom. The molecule has 0 spiro atoms. The van der Waals surface area contributed by atoms with Crippen molar-refractivity contribution in [3.8, 4) is 5.75 Å². The van der Waals surface area contributed by atoms with Gasteiger partial charge in [-0.25, -0.2) is 9.97 Å². The smallest absolute Gasteiger partial charge is 0.273 e. The van der Waals surface area contributed by atoms with E-state index in [2.05, 4.69) is 35.7 Å². The van der Waals surface area contributed by atoms with Gasteiger partial charge in [0.1, 0.15) is 17.3 Å². The monoisotopic (exact) mass is 312 g/mol. The normalized spacial score (nSPS) is 13.8. The molecule has 0 aliphatic carbocycles. The van der Waals surface area contributed by atoms with Gasteiger partial charge in [0.2, 0.25) is 0 Å². The maximum absolute atomic E-state index is 12.6. The van der Waals surface area contributed by atoms with E-state index < -0.39 is 0 Å². The fourth-order valence-corrected chi connectivity index (χ4v) is 2.48. The summed E-state index contributed by atoms with van der Waals surface area (Å²) in [5, 5.41) is 0. The third-order valence-electron chi connectivity index (χ3n) is 3.80. The summed E-state index contributed by atoms with van der Waals surface area (Å²) in [4.78, 5) is 27.6. The standard InChI is InChI=1S/C17H20N4O2/c1-17(2,3)16-19-8-11-9-21(10-14(11)20-16)15(22)13-7-12(23-4)5-6-18-13/h5-8H,9-10H2,1-4H3. The largest absolute Gasteiger partial charge is 0.497 e. The van der Waals surface area contributed by atoms with Crippen LogP contribution in [-0.4, -0.2) is 32.9 Å². The molecule has 1 aliphatic heterocycles. The van der Waals surface area contributed by atoms with Gasteiger partial charge < -0.3 is 9.64 Å². The van der Waals surface area contributed by atoms with Gasteiger partial charge in [-0.3, -0.25) is 9.78 Å². The number of aromatic nitrogens is 3. The summed E-state index contributed by atoms with van der Waals surface area (Å²) >= 11 is 0. The lowest BCUT2D eigenvalue weighted by molar-refractivity contribution is 0.0744. The van der Waals surface area contributed by atoms with Crippen molar-refractivity contribution in [3.05, 3.63) is 47.3 Å². The van der Waals surface area contributed by atoms with Crippen molar-refractivity contribution in [2.24, 2.45) is 0 Å². The average molecular weight is 312 g/mol. The van der Waals surface area contributed by atoms with Crippen LogP contribution in [0.3, 0.4) is 0 Å². The molecule has 2 aromatic heterocycles. The van der Waals surface area contributed by atoms with E-state index >= 15 is 0 Å². The summed E-state index contributed by atoms with van der Waals surface area (Å²) in [5.41, 5.74) is 2.18. The van der Waals surface area contributed by atoms with Crippen LogP contribution in [0.15, 0.2) is 24.5 Å². The molecule has 2 aromatic rings. The summed E-state index contributed by atoms with van der Waals surface area (Å²) in [5.74, 6) is 1.29. The molecule has 3 heterocycles. The summed E-state index contributed by atoms with van der Waals surface area (Å²) in [6, 6.07) is 3.37. The third-order valence-corrected chi connectivity index (χ3v) is 3.80. The summed E-state index contributed by atoms with van der Waals surface area (Å²) < 4.78 is 5.15. The van der Waals surface area contributed by atoms with Gasteiger partial charge in [0, 0.05) is 36.0 Å². The van der Waals surface area contributed by atoms with Crippen molar-refractivity contribution in [2.45, 2.75) is 39.3 Å². The van der Waals surface area contributed by atoms with Crippen molar-refractivity contribution in [3.63, 3.8) is 0 Å². The zero-order valence-electron chi connectivity index (χ0n) is 13.8. The molecule has 0 bridgehead atoms. The number of hydrogen-bond donors (Lipinski definition) is 0. The molecule has 0 radical (unpaired) electrons. The maximum Gasteiger partial charge on any atom is 0.273 e. The molecular weight excluding hydrogens is 292 g/mol. The van der Waals surface area contributed by atoms with Crippen LogP contribution in [-0.2, 0) is 18.5 Å². The fourth-order valence-electron chi connectivity index (χ4n) is 2.48. The predicted octanol–water partition coefficient (Wildman–Crippen LogP) is 2.33. The third kappa shape index (κ3) is 3.02. The lowest BCUT2D eigenvalue weighted by Crippen LogP contribution is -2.26. The summed E-state index contributed by atoms with van der Waals surface area (Å²) in [7, 11) is 1.57. The lowest BCUT2D eigenvalue weighted by Gasteiger charge is -2.16. The van der Waals surface area contributed by atoms with Crippen molar-refractivity contribution < 1.29 is 9.53 Å². The zero-order valence-corrected chi connectivity index (χ0v) is 13.8. The van der Waals surface area contributed by atoms with Gasteiger partial charge in [-0.15, -0.1) is 0 Å². The number of fused-ring (bicyclic) bond motifs is 1. The van der Waals surface area contributed by atoms with E-state index in [0.29, 0.717) is 24.5 Å². The number of methoxy groups -OCH3 is 1. The molecule has 0 atom stereocenters. The molecule has 120 valence electrons. The second kappa shape index (κ2) is 5.61. The molecule has 6 nitrogen and oxygen atoms in total. The van der Waals surface area contributed by atoms with Crippen LogP contribution in [0.1, 0.15) is 48.3 Å². The number of carbonyl (C=O) groups excluding carboxylic acids is 1. The van der Waals surface area contributed by atoms with Gasteiger partial charge >= 0.3 is 0 Å². The van der Waals surface area contributed by atoms with E-state index in [1.54, 1.807) is 30.3 Å². The van der Waals surface area contributed by atoms with Crippen molar-refractivity contribution in [2.75, 3.05) is 7.11 Å². The number of amides is 1. The van der Waals surface area contributed by atoms with E-state index in [-0.39, 0.29) is 11.3 Å². The Labute approximate surface area is 135 Å². The second-order valence-corrected chi connectivity index (χ2v) is 6.66. The molecule has 0 saturated heterocycles. The zero-order chi connectivity index (χ0) is 16.6. The second-order valence-electron chi connectivity index (χ2n) is 6.66. The quantitative estimate of drug-likeness (QED) is 0.851. The number of nitrogens with zero attached hydrogens (tertiary/aromatic N) is 4. The average Bonchev–Trinajstić information content (AvgIpc) is 2.96. The Balaban J connectivity index is 1.82. The van der Waals surface area contributed by atoms with Gasteiger partial charge in [0.25, 0.3) is 5.91 Å². The number of pyridine rings is 1. The minimum Gasteiger partial charge on any atom is -0.497 e. The van der Waals surface area contributed by atoms with E-state index in [4.69, 9.17) is 4.74 Å². The molecule has 0 unspecified atom stereocenters. The lowest BCUT2D eigenvalue weighted by atomic mass is 9.95. The van der Waals surface area contributed by atoms with E-state index in [1.807, 2.05) is 6.20 Å². The minimum absolute atomic E-state index is 0.110. The maximum atomic E-state index is 12.6. The summed E-state index contributed by atoms with van der Waals surface area (Å²) in [6.07, 6.45) is 3.40. The van der Waals surface area contributed by atoms with Gasteiger partial charge in [-0.1, -0.05) is 20.8 Å². The van der Waals surface area contributed by atoms with Crippen LogP contribution in [0.2, 0.25) is 0 Å². The fraction of sp³-hybridized carbons (Fsp3) is 0.412. The minimum atomic E-state index is -0.126. The first kappa shape index (κ1) is 15.4. The molecule has 0 saturated carbocycles. The SMILES string of the molecule is COc1ccnc(C(=O)N2Cc3cnc(C(C)(C)C)nc3C2)c1. The van der Waals surface area contributed by atoms with E-state index in [9.17, 15) is 4.79 Å². The first-order valence-corrected chi connectivity index (χ1v) is 7.53. The first-order chi connectivity index (χ1) is 10.9. The van der Waals surface area contributed by atoms with E-state index in [1.165, 1.54) is 0 Å². The van der Waals surface area contributed by atoms with Crippen molar-refractivity contribution >= 4 is 5.91 Å². The number of rotatable bonds is 2. The van der Waals surface area contributed by atoms with Crippen LogP contribution in [0.5, 0.6) is 5.75 Å². The van der Waals surface area contributed by atoms with Gasteiger partial charge in [0.05, 0.1) is 19.3 Å². The highest BCUT2D eigenvalue weighted by Crippen LogP contribution is 2.25. The van der Waals surface area contributed by atoms with Gasteiger partial charge in [-0.2, -0.15) is 0 Å². The van der Waals surface area contributed by atoms with Crippen LogP contribution in [0.4, 0.5) is 0 Å². The van der Waals surface area contributed by atoms with Crippen molar-refractivity contribution in [1.29, 1.82) is 0 Å². The highest BCUT2D eigenvalue weighted by molar-refractivity contribution is 5.92. The van der Waals surface area contributed by atoms with Crippen LogP contribution in [0, 0.1) is 0 Å². The molecule has 3 rings (SSSR count). The highest BCUT2D eigenvalue weighted by Gasteiger charge is 2.28. The molecule has 6 heteroatoms. The van der Waals surface area contributed by atoms with Gasteiger partial charge in [-0.05, 0) is 6.07 Å². The molecular formula is C17H20N4O2. The summed E-state index contributed by atoms with van der Waals surface area (Å²) in [6.45, 7) is 7.22. The number of carbonyl (C=O) groups is 1. The topological polar surface area (TPSA) is 68.2 Å². The molecule has 1 amide bonds. The Kier molecular flexibility index (Phi) is 3.75. The van der Waals surface area contributed by atoms with Gasteiger partial charge in [0.15, 0.2) is 0 Å². The van der Waals surface area contributed by atoms with Crippen LogP contribution >= 0.6 is 0 Å². The predicted molar refractivity (Wildman–Crippen MR) is 85.1 cm³/mol. The Morgan fingerprint density at radius 3 is 2.74 bits per heavy atom. The van der Waals surface area contributed by atoms with Crippen LogP contribution in [0.25, 0.3) is 0 Å². The molecule has 0 fully saturated rings. The number of ether oxygens (including phenoxy) is 1. The van der Waals surface area contributed by atoms with Crippen molar-refractivity contribution in [1.82, 2.24) is 19.9 Å². The first-order valence-electron chi connectivity index (χ1n) is 7.53. The Bertz CT molecular complexity index is 752. The Morgan fingerprint density at radius 2 is 2.04 bits per heavy atom. The number of hydrogen-bond acceptors (Lipinski definition) is 5. The molecule has 0 aromatic carbocycles.